The zero-order valence-electron chi connectivity index (χ0n) is 9.85. The first-order chi connectivity index (χ1) is 8.77. The summed E-state index contributed by atoms with van der Waals surface area (Å²) < 4.78 is 0. The van der Waals surface area contributed by atoms with Crippen molar-refractivity contribution in [3.8, 4) is 0 Å². The van der Waals surface area contributed by atoms with E-state index < -0.39 is 0 Å². The minimum Gasteiger partial charge on any atom is -0.380 e. The third kappa shape index (κ3) is 2.94. The predicted octanol–water partition coefficient (Wildman–Crippen LogP) is 1.00. The molecule has 0 atom stereocenters. The van der Waals surface area contributed by atoms with Crippen molar-refractivity contribution in [2.75, 3.05) is 0 Å². The van der Waals surface area contributed by atoms with Crippen molar-refractivity contribution in [2.24, 2.45) is 15.9 Å². The van der Waals surface area contributed by atoms with Gasteiger partial charge in [0.05, 0.1) is 11.9 Å². The van der Waals surface area contributed by atoms with E-state index in [2.05, 4.69) is 25.2 Å². The summed E-state index contributed by atoms with van der Waals surface area (Å²) in [5, 5.41) is 7.97. The van der Waals surface area contributed by atoms with Crippen molar-refractivity contribution >= 4 is 11.5 Å². The Morgan fingerprint density at radius 1 is 1.11 bits per heavy atom. The number of rotatable bonds is 3. The van der Waals surface area contributed by atoms with Crippen molar-refractivity contribution in [3.05, 3.63) is 54.4 Å². The van der Waals surface area contributed by atoms with Gasteiger partial charge >= 0.3 is 0 Å². The number of nitrogens with zero attached hydrogens (tertiary/aromatic N) is 5. The van der Waals surface area contributed by atoms with Crippen molar-refractivity contribution in [1.29, 1.82) is 0 Å². The van der Waals surface area contributed by atoms with Crippen molar-refractivity contribution in [1.82, 2.24) is 15.0 Å². The molecule has 0 radical (unpaired) electrons. The van der Waals surface area contributed by atoms with Crippen LogP contribution in [0, 0.1) is 0 Å². The Hall–Kier alpha value is -2.63. The molecule has 0 aliphatic rings. The second-order valence-electron chi connectivity index (χ2n) is 3.50. The summed E-state index contributed by atoms with van der Waals surface area (Å²) in [6.07, 6.45) is 8.07. The molecule has 0 unspecified atom stereocenters. The quantitative estimate of drug-likeness (QED) is 0.492. The number of amidine groups is 1. The van der Waals surface area contributed by atoms with E-state index in [1.165, 1.54) is 6.20 Å². The van der Waals surface area contributed by atoms with E-state index in [9.17, 15) is 0 Å². The first kappa shape index (κ1) is 11.8. The van der Waals surface area contributed by atoms with Gasteiger partial charge < -0.3 is 5.73 Å². The van der Waals surface area contributed by atoms with Crippen LogP contribution in [0.1, 0.15) is 18.2 Å². The van der Waals surface area contributed by atoms with Crippen LogP contribution in [0.15, 0.2) is 53.3 Å². The number of nitrogens with two attached hydrogens (primary N) is 1. The first-order valence-electron chi connectivity index (χ1n) is 5.32. The highest BCUT2D eigenvalue weighted by molar-refractivity contribution is 6.00. The molecule has 0 fully saturated rings. The molecule has 0 bridgehead atoms. The van der Waals surface area contributed by atoms with Crippen LogP contribution in [0.4, 0.5) is 0 Å². The Kier molecular flexibility index (Phi) is 3.70. The molecule has 0 spiro atoms. The monoisotopic (exact) mass is 240 g/mol. The Bertz CT molecular complexity index is 508. The number of aromatic nitrogens is 3. The lowest BCUT2D eigenvalue weighted by Gasteiger charge is -1.98. The Balaban J connectivity index is 2.20. The van der Waals surface area contributed by atoms with Crippen LogP contribution < -0.4 is 5.73 Å². The minimum absolute atomic E-state index is 0.228. The predicted molar refractivity (Wildman–Crippen MR) is 69.2 cm³/mol. The summed E-state index contributed by atoms with van der Waals surface area (Å²) in [6.45, 7) is 1.84. The van der Waals surface area contributed by atoms with Gasteiger partial charge in [0.1, 0.15) is 5.69 Å². The Morgan fingerprint density at radius 3 is 2.61 bits per heavy atom. The van der Waals surface area contributed by atoms with E-state index in [1.807, 2.05) is 19.1 Å². The van der Waals surface area contributed by atoms with Crippen LogP contribution in [0.3, 0.4) is 0 Å². The molecule has 0 saturated heterocycles. The average Bonchev–Trinajstić information content (AvgIpc) is 2.46. The van der Waals surface area contributed by atoms with Crippen LogP contribution in [0.5, 0.6) is 0 Å². The maximum atomic E-state index is 5.75. The van der Waals surface area contributed by atoms with Gasteiger partial charge in [-0.05, 0) is 13.0 Å². The van der Waals surface area contributed by atoms with Gasteiger partial charge in [0.25, 0.3) is 0 Å². The van der Waals surface area contributed by atoms with E-state index in [-0.39, 0.29) is 5.84 Å². The summed E-state index contributed by atoms with van der Waals surface area (Å²) in [7, 11) is 0. The second-order valence-corrected chi connectivity index (χ2v) is 3.50. The van der Waals surface area contributed by atoms with Gasteiger partial charge in [-0.3, -0.25) is 9.97 Å². The zero-order chi connectivity index (χ0) is 12.8. The fourth-order valence-electron chi connectivity index (χ4n) is 1.25. The normalized spacial score (nSPS) is 12.5. The summed E-state index contributed by atoms with van der Waals surface area (Å²) in [5.41, 5.74) is 7.87. The average molecular weight is 240 g/mol. The van der Waals surface area contributed by atoms with Gasteiger partial charge in [0.15, 0.2) is 5.84 Å². The smallest absolute Gasteiger partial charge is 0.173 e. The molecule has 0 saturated carbocycles. The Labute approximate surface area is 104 Å². The van der Waals surface area contributed by atoms with Crippen molar-refractivity contribution in [2.45, 2.75) is 6.92 Å². The van der Waals surface area contributed by atoms with E-state index in [0.717, 1.165) is 11.3 Å². The largest absolute Gasteiger partial charge is 0.380 e. The number of hydrogen-bond acceptors (Lipinski definition) is 5. The highest BCUT2D eigenvalue weighted by atomic mass is 15.2. The molecular formula is C12H12N6. The molecule has 2 heterocycles. The molecule has 6 heteroatoms. The fraction of sp³-hybridized carbons (Fsp3) is 0.0833. The van der Waals surface area contributed by atoms with Gasteiger partial charge in [-0.25, -0.2) is 4.98 Å². The van der Waals surface area contributed by atoms with Gasteiger partial charge in [0, 0.05) is 30.4 Å². The summed E-state index contributed by atoms with van der Waals surface area (Å²) in [5.74, 6) is 0.228. The summed E-state index contributed by atoms with van der Waals surface area (Å²) in [6, 6.07) is 3.74. The second kappa shape index (κ2) is 5.62. The molecule has 2 aromatic heterocycles. The highest BCUT2D eigenvalue weighted by Gasteiger charge is 1.99. The molecule has 0 aliphatic carbocycles. The maximum absolute atomic E-state index is 5.75. The fourth-order valence-corrected chi connectivity index (χ4v) is 1.25. The third-order valence-corrected chi connectivity index (χ3v) is 2.21. The maximum Gasteiger partial charge on any atom is 0.173 e. The van der Waals surface area contributed by atoms with Crippen LogP contribution in [0.25, 0.3) is 0 Å². The lowest BCUT2D eigenvalue weighted by Crippen LogP contribution is -2.15. The van der Waals surface area contributed by atoms with Gasteiger partial charge in [0.2, 0.25) is 0 Å². The zero-order valence-corrected chi connectivity index (χ0v) is 9.85. The van der Waals surface area contributed by atoms with Gasteiger partial charge in [-0.2, -0.15) is 5.10 Å². The van der Waals surface area contributed by atoms with Crippen LogP contribution in [-0.4, -0.2) is 26.5 Å². The van der Waals surface area contributed by atoms with Crippen molar-refractivity contribution in [3.63, 3.8) is 0 Å². The first-order valence-corrected chi connectivity index (χ1v) is 5.32. The standard InChI is InChI=1S/C12H12N6/c1-9(10-3-2-4-14-7-10)17-18-12(13)11-8-15-5-6-16-11/h2-8H,1H3,(H2,13,18)/b17-9-. The van der Waals surface area contributed by atoms with E-state index in [4.69, 9.17) is 5.73 Å². The van der Waals surface area contributed by atoms with Crippen LogP contribution in [-0.2, 0) is 0 Å². The lowest BCUT2D eigenvalue weighted by atomic mass is 10.2. The molecule has 2 N–H and O–H groups in total. The molecule has 0 aromatic carbocycles. The molecule has 0 amide bonds. The van der Waals surface area contributed by atoms with E-state index in [1.54, 1.807) is 24.8 Å². The summed E-state index contributed by atoms with van der Waals surface area (Å²) >= 11 is 0. The van der Waals surface area contributed by atoms with E-state index in [0.29, 0.717) is 5.69 Å². The molecule has 90 valence electrons. The molecule has 6 nitrogen and oxygen atoms in total. The molecule has 2 rings (SSSR count). The highest BCUT2D eigenvalue weighted by Crippen LogP contribution is 1.99. The van der Waals surface area contributed by atoms with Crippen molar-refractivity contribution < 1.29 is 0 Å². The van der Waals surface area contributed by atoms with Gasteiger partial charge in [-0.15, -0.1) is 5.10 Å². The molecule has 18 heavy (non-hydrogen) atoms. The lowest BCUT2D eigenvalue weighted by molar-refractivity contribution is 1.14. The molecule has 0 aliphatic heterocycles. The van der Waals surface area contributed by atoms with Gasteiger partial charge in [-0.1, -0.05) is 6.07 Å². The van der Waals surface area contributed by atoms with E-state index >= 15 is 0 Å². The SMILES string of the molecule is C/C(=N/N=C(N)c1cnccn1)c1cccnc1. The molecule has 2 aromatic rings. The number of hydrogen-bond donors (Lipinski definition) is 1. The summed E-state index contributed by atoms with van der Waals surface area (Å²) in [4.78, 5) is 11.9. The minimum atomic E-state index is 0.228. The third-order valence-electron chi connectivity index (χ3n) is 2.21. The van der Waals surface area contributed by atoms with Crippen LogP contribution >= 0.6 is 0 Å². The Morgan fingerprint density at radius 2 is 1.94 bits per heavy atom. The topological polar surface area (TPSA) is 89.4 Å². The van der Waals surface area contributed by atoms with Crippen LogP contribution in [0.2, 0.25) is 0 Å². The molecular weight excluding hydrogens is 228 g/mol. The number of pyridine rings is 1.